The number of rotatable bonds is 5. The quantitative estimate of drug-likeness (QED) is 0.846. The standard InChI is InChI=1S/C17H24N2O2.ClH/c18-16-9-8-13-11-19(12-15(13)16)17(20)7-4-10-21-14-5-2-1-3-6-14;/h1-3,5-6,13,15-16H,4,7-12,18H2;1H. The van der Waals surface area contributed by atoms with E-state index in [9.17, 15) is 4.79 Å². The number of halogens is 1. The van der Waals surface area contributed by atoms with Crippen LogP contribution < -0.4 is 10.5 Å². The van der Waals surface area contributed by atoms with E-state index in [0.29, 0.717) is 30.9 Å². The second-order valence-corrected chi connectivity index (χ2v) is 6.23. The Hall–Kier alpha value is -1.26. The first-order valence-corrected chi connectivity index (χ1v) is 7.95. The van der Waals surface area contributed by atoms with Crippen LogP contribution in [-0.4, -0.2) is 36.5 Å². The zero-order chi connectivity index (χ0) is 14.7. The number of para-hydroxylation sites is 1. The highest BCUT2D eigenvalue weighted by Gasteiger charge is 2.42. The van der Waals surface area contributed by atoms with Gasteiger partial charge in [-0.25, -0.2) is 0 Å². The fourth-order valence-corrected chi connectivity index (χ4v) is 3.60. The predicted octanol–water partition coefficient (Wildman–Crippen LogP) is 2.46. The van der Waals surface area contributed by atoms with Gasteiger partial charge in [0, 0.05) is 25.6 Å². The number of nitrogens with two attached hydrogens (primary N) is 1. The maximum absolute atomic E-state index is 12.2. The number of carbonyl (C=O) groups excluding carboxylic acids is 1. The van der Waals surface area contributed by atoms with E-state index in [2.05, 4.69) is 0 Å². The van der Waals surface area contributed by atoms with E-state index in [1.807, 2.05) is 35.2 Å². The molecule has 1 saturated heterocycles. The Kier molecular flexibility index (Phi) is 6.09. The van der Waals surface area contributed by atoms with Gasteiger partial charge in [-0.2, -0.15) is 0 Å². The van der Waals surface area contributed by atoms with Crippen LogP contribution in [0.1, 0.15) is 25.7 Å². The first-order chi connectivity index (χ1) is 10.2. The molecule has 122 valence electrons. The van der Waals surface area contributed by atoms with Crippen LogP contribution in [0.3, 0.4) is 0 Å². The van der Waals surface area contributed by atoms with Gasteiger partial charge in [-0.3, -0.25) is 4.79 Å². The summed E-state index contributed by atoms with van der Waals surface area (Å²) in [6, 6.07) is 10.0. The average Bonchev–Trinajstić information content (AvgIpc) is 3.07. The Morgan fingerprint density at radius 3 is 2.73 bits per heavy atom. The topological polar surface area (TPSA) is 55.6 Å². The Labute approximate surface area is 138 Å². The van der Waals surface area contributed by atoms with E-state index in [0.717, 1.165) is 31.7 Å². The summed E-state index contributed by atoms with van der Waals surface area (Å²) in [6.45, 7) is 2.37. The molecule has 1 amide bonds. The Morgan fingerprint density at radius 2 is 2.00 bits per heavy atom. The normalized spacial score (nSPS) is 26.4. The van der Waals surface area contributed by atoms with Crippen molar-refractivity contribution < 1.29 is 9.53 Å². The molecule has 3 unspecified atom stereocenters. The number of hydrogen-bond acceptors (Lipinski definition) is 3. The summed E-state index contributed by atoms with van der Waals surface area (Å²) in [7, 11) is 0. The smallest absolute Gasteiger partial charge is 0.222 e. The van der Waals surface area contributed by atoms with E-state index < -0.39 is 0 Å². The van der Waals surface area contributed by atoms with Crippen molar-refractivity contribution >= 4 is 18.3 Å². The molecule has 22 heavy (non-hydrogen) atoms. The molecule has 5 heteroatoms. The summed E-state index contributed by atoms with van der Waals surface area (Å²) in [5.41, 5.74) is 6.11. The molecule has 1 aliphatic carbocycles. The summed E-state index contributed by atoms with van der Waals surface area (Å²) in [6.07, 6.45) is 3.65. The molecule has 2 fully saturated rings. The highest BCUT2D eigenvalue weighted by atomic mass is 35.5. The molecule has 4 nitrogen and oxygen atoms in total. The van der Waals surface area contributed by atoms with Crippen molar-refractivity contribution in [3.8, 4) is 5.75 Å². The lowest BCUT2D eigenvalue weighted by atomic mass is 9.98. The first-order valence-electron chi connectivity index (χ1n) is 7.95. The summed E-state index contributed by atoms with van der Waals surface area (Å²) in [4.78, 5) is 14.2. The molecular formula is C17H25ClN2O2. The van der Waals surface area contributed by atoms with Crippen molar-refractivity contribution in [3.05, 3.63) is 30.3 Å². The third kappa shape index (κ3) is 3.93. The second-order valence-electron chi connectivity index (χ2n) is 6.23. The molecule has 0 radical (unpaired) electrons. The number of nitrogens with zero attached hydrogens (tertiary/aromatic N) is 1. The number of carbonyl (C=O) groups is 1. The first kappa shape index (κ1) is 17.1. The van der Waals surface area contributed by atoms with Gasteiger partial charge in [0.2, 0.25) is 5.91 Å². The fourth-order valence-electron chi connectivity index (χ4n) is 3.60. The van der Waals surface area contributed by atoms with Gasteiger partial charge in [-0.05, 0) is 43.2 Å². The number of ether oxygens (including phenoxy) is 1. The van der Waals surface area contributed by atoms with Gasteiger partial charge in [0.1, 0.15) is 5.75 Å². The van der Waals surface area contributed by atoms with E-state index in [4.69, 9.17) is 10.5 Å². The second kappa shape index (κ2) is 7.84. The van der Waals surface area contributed by atoms with Crippen LogP contribution in [0.5, 0.6) is 5.75 Å². The molecule has 2 aliphatic rings. The number of hydrogen-bond donors (Lipinski definition) is 1. The highest BCUT2D eigenvalue weighted by molar-refractivity contribution is 5.85. The van der Waals surface area contributed by atoms with Crippen LogP contribution in [0.25, 0.3) is 0 Å². The average molecular weight is 325 g/mol. The number of fused-ring (bicyclic) bond motifs is 1. The fraction of sp³-hybridized carbons (Fsp3) is 0.588. The van der Waals surface area contributed by atoms with Crippen molar-refractivity contribution in [1.82, 2.24) is 4.90 Å². The lowest BCUT2D eigenvalue weighted by molar-refractivity contribution is -0.130. The zero-order valence-corrected chi connectivity index (χ0v) is 13.6. The minimum atomic E-state index is 0. The van der Waals surface area contributed by atoms with Gasteiger partial charge in [0.15, 0.2) is 0 Å². The van der Waals surface area contributed by atoms with Gasteiger partial charge >= 0.3 is 0 Å². The lowest BCUT2D eigenvalue weighted by Gasteiger charge is -2.18. The maximum Gasteiger partial charge on any atom is 0.222 e. The summed E-state index contributed by atoms with van der Waals surface area (Å²) >= 11 is 0. The molecule has 3 atom stereocenters. The molecule has 1 aliphatic heterocycles. The minimum absolute atomic E-state index is 0. The van der Waals surface area contributed by atoms with Crippen molar-refractivity contribution in [1.29, 1.82) is 0 Å². The molecule has 1 aromatic carbocycles. The largest absolute Gasteiger partial charge is 0.494 e. The lowest BCUT2D eigenvalue weighted by Crippen LogP contribution is -2.33. The van der Waals surface area contributed by atoms with Crippen LogP contribution in [0.2, 0.25) is 0 Å². The van der Waals surface area contributed by atoms with Gasteiger partial charge in [-0.1, -0.05) is 18.2 Å². The number of amides is 1. The van der Waals surface area contributed by atoms with Crippen molar-refractivity contribution in [2.75, 3.05) is 19.7 Å². The summed E-state index contributed by atoms with van der Waals surface area (Å²) in [5.74, 6) is 2.30. The van der Waals surface area contributed by atoms with E-state index >= 15 is 0 Å². The Morgan fingerprint density at radius 1 is 1.23 bits per heavy atom. The van der Waals surface area contributed by atoms with Crippen LogP contribution >= 0.6 is 12.4 Å². The molecule has 0 aromatic heterocycles. The number of benzene rings is 1. The van der Waals surface area contributed by atoms with Crippen LogP contribution in [0.15, 0.2) is 30.3 Å². The molecule has 2 N–H and O–H groups in total. The van der Waals surface area contributed by atoms with Crippen molar-refractivity contribution in [2.24, 2.45) is 17.6 Å². The summed E-state index contributed by atoms with van der Waals surface area (Å²) < 4.78 is 5.62. The van der Waals surface area contributed by atoms with E-state index in [1.54, 1.807) is 0 Å². The molecule has 1 heterocycles. The van der Waals surface area contributed by atoms with Gasteiger partial charge in [0.05, 0.1) is 6.61 Å². The third-order valence-electron chi connectivity index (χ3n) is 4.81. The molecule has 3 rings (SSSR count). The molecular weight excluding hydrogens is 300 g/mol. The Bertz CT molecular complexity index is 483. The predicted molar refractivity (Wildman–Crippen MR) is 89.2 cm³/mol. The van der Waals surface area contributed by atoms with Crippen LogP contribution in [0.4, 0.5) is 0 Å². The van der Waals surface area contributed by atoms with E-state index in [-0.39, 0.29) is 18.3 Å². The SMILES string of the molecule is Cl.NC1CCC2CN(C(=O)CCCOc3ccccc3)CC12. The molecule has 0 bridgehead atoms. The molecule has 1 aromatic rings. The van der Waals surface area contributed by atoms with Crippen molar-refractivity contribution in [2.45, 2.75) is 31.7 Å². The monoisotopic (exact) mass is 324 g/mol. The zero-order valence-electron chi connectivity index (χ0n) is 12.8. The Balaban J connectivity index is 0.00000176. The summed E-state index contributed by atoms with van der Waals surface area (Å²) in [5, 5.41) is 0. The van der Waals surface area contributed by atoms with Crippen LogP contribution in [0, 0.1) is 11.8 Å². The molecule has 0 spiro atoms. The van der Waals surface area contributed by atoms with Gasteiger partial charge < -0.3 is 15.4 Å². The van der Waals surface area contributed by atoms with Crippen molar-refractivity contribution in [3.63, 3.8) is 0 Å². The van der Waals surface area contributed by atoms with Gasteiger partial charge in [0.25, 0.3) is 0 Å². The third-order valence-corrected chi connectivity index (χ3v) is 4.81. The number of likely N-dealkylation sites (tertiary alicyclic amines) is 1. The van der Waals surface area contributed by atoms with E-state index in [1.165, 1.54) is 6.42 Å². The minimum Gasteiger partial charge on any atom is -0.494 e. The van der Waals surface area contributed by atoms with Gasteiger partial charge in [-0.15, -0.1) is 12.4 Å². The molecule has 1 saturated carbocycles. The van der Waals surface area contributed by atoms with Crippen LogP contribution in [-0.2, 0) is 4.79 Å². The highest BCUT2D eigenvalue weighted by Crippen LogP contribution is 2.37. The maximum atomic E-state index is 12.2.